The molecule has 1 heterocycles. The molecule has 0 bridgehead atoms. The van der Waals surface area contributed by atoms with Crippen molar-refractivity contribution in [2.75, 3.05) is 7.11 Å². The van der Waals surface area contributed by atoms with Crippen molar-refractivity contribution in [2.45, 2.75) is 0 Å². The Morgan fingerprint density at radius 2 is 2.00 bits per heavy atom. The number of rotatable bonds is 3. The lowest BCUT2D eigenvalue weighted by Gasteiger charge is -2.10. The van der Waals surface area contributed by atoms with Crippen LogP contribution in [0.15, 0.2) is 48.5 Å². The minimum atomic E-state index is 0.524. The summed E-state index contributed by atoms with van der Waals surface area (Å²) < 4.78 is 5.26. The zero-order chi connectivity index (χ0) is 14.8. The number of pyridine rings is 1. The Labute approximate surface area is 127 Å². The Balaban J connectivity index is 2.34. The number of carbonyl (C=O) groups excluding carboxylic acids is 1. The summed E-state index contributed by atoms with van der Waals surface area (Å²) in [5, 5.41) is 1.55. The van der Waals surface area contributed by atoms with Gasteiger partial charge in [0.2, 0.25) is 5.88 Å². The molecule has 0 spiro atoms. The molecule has 0 unspecified atom stereocenters. The van der Waals surface area contributed by atoms with Crippen LogP contribution in [0.5, 0.6) is 5.88 Å². The van der Waals surface area contributed by atoms with E-state index in [0.717, 1.165) is 28.3 Å². The molecule has 4 heteroatoms. The van der Waals surface area contributed by atoms with Gasteiger partial charge in [0.25, 0.3) is 0 Å². The van der Waals surface area contributed by atoms with Gasteiger partial charge in [-0.3, -0.25) is 4.79 Å². The van der Waals surface area contributed by atoms with Crippen LogP contribution in [0.3, 0.4) is 0 Å². The third-order valence-electron chi connectivity index (χ3n) is 3.29. The van der Waals surface area contributed by atoms with Gasteiger partial charge in [-0.1, -0.05) is 23.7 Å². The highest BCUT2D eigenvalue weighted by atomic mass is 35.5. The molecular formula is C17H12ClNO2. The molecule has 0 radical (unpaired) electrons. The van der Waals surface area contributed by atoms with Crippen LogP contribution < -0.4 is 4.74 Å². The molecule has 3 aromatic rings. The maximum atomic E-state index is 11.0. The van der Waals surface area contributed by atoms with Gasteiger partial charge in [-0.25, -0.2) is 4.98 Å². The van der Waals surface area contributed by atoms with Crippen molar-refractivity contribution in [3.63, 3.8) is 0 Å². The first-order valence-electron chi connectivity index (χ1n) is 6.41. The Bertz CT molecular complexity index is 830. The molecule has 0 amide bonds. The zero-order valence-electron chi connectivity index (χ0n) is 11.3. The fourth-order valence-corrected chi connectivity index (χ4v) is 2.48. The molecule has 1 aromatic heterocycles. The van der Waals surface area contributed by atoms with Crippen molar-refractivity contribution in [1.29, 1.82) is 0 Å². The Kier molecular flexibility index (Phi) is 3.59. The van der Waals surface area contributed by atoms with Gasteiger partial charge < -0.3 is 4.74 Å². The van der Waals surface area contributed by atoms with Crippen LogP contribution >= 0.6 is 11.6 Å². The molecule has 3 rings (SSSR count). The molecule has 3 nitrogen and oxygen atoms in total. The summed E-state index contributed by atoms with van der Waals surface area (Å²) in [5.74, 6) is 0.524. The summed E-state index contributed by atoms with van der Waals surface area (Å²) in [6.45, 7) is 0. The van der Waals surface area contributed by atoms with Gasteiger partial charge >= 0.3 is 0 Å². The average molecular weight is 298 g/mol. The van der Waals surface area contributed by atoms with E-state index < -0.39 is 0 Å². The van der Waals surface area contributed by atoms with E-state index >= 15 is 0 Å². The number of nitrogens with zero attached hydrogens (tertiary/aromatic N) is 1. The normalized spacial score (nSPS) is 10.6. The Morgan fingerprint density at radius 3 is 2.71 bits per heavy atom. The molecular weight excluding hydrogens is 286 g/mol. The van der Waals surface area contributed by atoms with Gasteiger partial charge in [-0.05, 0) is 41.5 Å². The van der Waals surface area contributed by atoms with Crippen LogP contribution in [-0.2, 0) is 0 Å². The summed E-state index contributed by atoms with van der Waals surface area (Å²) in [6, 6.07) is 14.8. The lowest BCUT2D eigenvalue weighted by molar-refractivity contribution is 0.112. The second kappa shape index (κ2) is 5.54. The van der Waals surface area contributed by atoms with Crippen molar-refractivity contribution >= 4 is 28.8 Å². The lowest BCUT2D eigenvalue weighted by atomic mass is 10.00. The lowest BCUT2D eigenvalue weighted by Crippen LogP contribution is -1.92. The van der Waals surface area contributed by atoms with E-state index in [9.17, 15) is 4.79 Å². The van der Waals surface area contributed by atoms with Gasteiger partial charge in [0.1, 0.15) is 6.29 Å². The highest BCUT2D eigenvalue weighted by Gasteiger charge is 2.09. The van der Waals surface area contributed by atoms with Crippen molar-refractivity contribution in [3.05, 3.63) is 59.1 Å². The minimum absolute atomic E-state index is 0.524. The van der Waals surface area contributed by atoms with E-state index in [1.807, 2.05) is 42.5 Å². The third kappa shape index (κ3) is 2.60. The van der Waals surface area contributed by atoms with E-state index in [0.29, 0.717) is 16.5 Å². The number of aldehydes is 1. The largest absolute Gasteiger partial charge is 0.481 e. The van der Waals surface area contributed by atoms with Gasteiger partial charge in [-0.2, -0.15) is 0 Å². The summed E-state index contributed by atoms with van der Waals surface area (Å²) in [5.41, 5.74) is 3.27. The van der Waals surface area contributed by atoms with Crippen LogP contribution in [0.1, 0.15) is 10.4 Å². The molecule has 0 saturated heterocycles. The first kappa shape index (κ1) is 13.6. The first-order chi connectivity index (χ1) is 10.2. The number of carbonyl (C=O) groups is 1. The number of hydrogen-bond acceptors (Lipinski definition) is 3. The molecule has 0 saturated carbocycles. The number of halogens is 1. The SMILES string of the molecule is COc1cc(-c2cccc(Cl)c2)c2cc(C=O)ccc2n1. The van der Waals surface area contributed by atoms with E-state index in [4.69, 9.17) is 16.3 Å². The first-order valence-corrected chi connectivity index (χ1v) is 6.79. The fourth-order valence-electron chi connectivity index (χ4n) is 2.29. The van der Waals surface area contributed by atoms with Crippen molar-refractivity contribution < 1.29 is 9.53 Å². The highest BCUT2D eigenvalue weighted by molar-refractivity contribution is 6.30. The van der Waals surface area contributed by atoms with Crippen LogP contribution in [0.25, 0.3) is 22.0 Å². The number of hydrogen-bond donors (Lipinski definition) is 0. The Morgan fingerprint density at radius 1 is 1.14 bits per heavy atom. The van der Waals surface area contributed by atoms with Crippen LogP contribution in [0.2, 0.25) is 5.02 Å². The molecule has 2 aromatic carbocycles. The van der Waals surface area contributed by atoms with Crippen molar-refractivity contribution in [1.82, 2.24) is 4.98 Å². The topological polar surface area (TPSA) is 39.2 Å². The molecule has 0 aliphatic rings. The predicted molar refractivity (Wildman–Crippen MR) is 84.1 cm³/mol. The number of ether oxygens (including phenoxy) is 1. The maximum absolute atomic E-state index is 11.0. The molecule has 0 fully saturated rings. The fraction of sp³-hybridized carbons (Fsp3) is 0.0588. The molecule has 0 aliphatic carbocycles. The predicted octanol–water partition coefficient (Wildman–Crippen LogP) is 4.38. The third-order valence-corrected chi connectivity index (χ3v) is 3.53. The molecule has 0 aliphatic heterocycles. The van der Waals surface area contributed by atoms with Crippen LogP contribution in [-0.4, -0.2) is 18.4 Å². The molecule has 104 valence electrons. The van der Waals surface area contributed by atoms with E-state index in [2.05, 4.69) is 4.98 Å². The summed E-state index contributed by atoms with van der Waals surface area (Å²) in [7, 11) is 1.58. The maximum Gasteiger partial charge on any atom is 0.214 e. The molecule has 21 heavy (non-hydrogen) atoms. The zero-order valence-corrected chi connectivity index (χ0v) is 12.1. The van der Waals surface area contributed by atoms with Gasteiger partial charge in [-0.15, -0.1) is 0 Å². The van der Waals surface area contributed by atoms with E-state index in [1.165, 1.54) is 0 Å². The van der Waals surface area contributed by atoms with Crippen LogP contribution in [0.4, 0.5) is 0 Å². The van der Waals surface area contributed by atoms with Crippen LogP contribution in [0, 0.1) is 0 Å². The Hall–Kier alpha value is -2.39. The van der Waals surface area contributed by atoms with Gasteiger partial charge in [0, 0.05) is 22.0 Å². The smallest absolute Gasteiger partial charge is 0.214 e. The number of benzene rings is 2. The van der Waals surface area contributed by atoms with Crippen molar-refractivity contribution in [3.8, 4) is 17.0 Å². The molecule has 0 N–H and O–H groups in total. The number of methoxy groups -OCH3 is 1. The monoisotopic (exact) mass is 297 g/mol. The van der Waals surface area contributed by atoms with E-state index in [1.54, 1.807) is 13.2 Å². The van der Waals surface area contributed by atoms with Crippen molar-refractivity contribution in [2.24, 2.45) is 0 Å². The summed E-state index contributed by atoms with van der Waals surface area (Å²) >= 11 is 6.08. The summed E-state index contributed by atoms with van der Waals surface area (Å²) in [6.07, 6.45) is 0.825. The second-order valence-electron chi connectivity index (χ2n) is 4.62. The molecule has 0 atom stereocenters. The quantitative estimate of drug-likeness (QED) is 0.674. The van der Waals surface area contributed by atoms with E-state index in [-0.39, 0.29) is 0 Å². The standard InChI is InChI=1S/C17H12ClNO2/c1-21-17-9-14(12-3-2-4-13(18)8-12)15-7-11(10-20)5-6-16(15)19-17/h2-10H,1H3. The number of fused-ring (bicyclic) bond motifs is 1. The highest BCUT2D eigenvalue weighted by Crippen LogP contribution is 2.32. The average Bonchev–Trinajstić information content (AvgIpc) is 2.53. The number of aromatic nitrogens is 1. The van der Waals surface area contributed by atoms with Gasteiger partial charge in [0.15, 0.2) is 0 Å². The summed E-state index contributed by atoms with van der Waals surface area (Å²) in [4.78, 5) is 15.4. The van der Waals surface area contributed by atoms with Gasteiger partial charge in [0.05, 0.1) is 12.6 Å². The second-order valence-corrected chi connectivity index (χ2v) is 5.05. The minimum Gasteiger partial charge on any atom is -0.481 e.